The summed E-state index contributed by atoms with van der Waals surface area (Å²) in [7, 11) is 1.87. The first-order chi connectivity index (χ1) is 16.7. The number of hydrogen-bond acceptors (Lipinski definition) is 4. The Morgan fingerprint density at radius 3 is 2.60 bits per heavy atom. The lowest BCUT2D eigenvalue weighted by Crippen LogP contribution is -2.36. The van der Waals surface area contributed by atoms with E-state index >= 15 is 0 Å². The first kappa shape index (κ1) is 23.1. The van der Waals surface area contributed by atoms with Crippen LogP contribution < -0.4 is 10.5 Å². The summed E-state index contributed by atoms with van der Waals surface area (Å²) in [6, 6.07) is 8.20. The fraction of sp³-hybridized carbons (Fsp3) is 0.280. The molecule has 0 unspecified atom stereocenters. The van der Waals surface area contributed by atoms with Crippen molar-refractivity contribution >= 4 is 16.7 Å². The Balaban J connectivity index is 1.49. The number of anilines is 1. The van der Waals surface area contributed by atoms with Crippen LogP contribution in [-0.2, 0) is 24.5 Å². The van der Waals surface area contributed by atoms with Crippen LogP contribution in [0.2, 0.25) is 0 Å². The van der Waals surface area contributed by atoms with E-state index in [-0.39, 0.29) is 12.1 Å². The lowest BCUT2D eigenvalue weighted by Gasteiger charge is -2.28. The van der Waals surface area contributed by atoms with Crippen LogP contribution in [0.25, 0.3) is 22.2 Å². The summed E-state index contributed by atoms with van der Waals surface area (Å²) in [5.74, 6) is -1.37. The minimum Gasteiger partial charge on any atom is -0.378 e. The molecule has 0 amide bonds. The molecule has 4 aromatic rings. The second kappa shape index (κ2) is 8.84. The van der Waals surface area contributed by atoms with Gasteiger partial charge in [0.25, 0.3) is 5.56 Å². The smallest absolute Gasteiger partial charge is 0.378 e. The van der Waals surface area contributed by atoms with E-state index in [1.807, 2.05) is 30.1 Å². The van der Waals surface area contributed by atoms with Crippen LogP contribution in [-0.4, -0.2) is 40.4 Å². The lowest BCUT2D eigenvalue weighted by molar-refractivity contribution is -0.140. The molecule has 0 N–H and O–H groups in total. The summed E-state index contributed by atoms with van der Waals surface area (Å²) in [5.41, 5.74) is 1.16. The molecule has 1 fully saturated rings. The molecule has 35 heavy (non-hydrogen) atoms. The van der Waals surface area contributed by atoms with Gasteiger partial charge in [0.15, 0.2) is 0 Å². The molecule has 0 aliphatic carbocycles. The molecule has 0 bridgehead atoms. The van der Waals surface area contributed by atoms with Gasteiger partial charge in [-0.2, -0.15) is 13.2 Å². The van der Waals surface area contributed by atoms with Gasteiger partial charge in [-0.05, 0) is 23.8 Å². The maximum atomic E-state index is 14.4. The van der Waals surface area contributed by atoms with E-state index in [1.165, 1.54) is 22.9 Å². The van der Waals surface area contributed by atoms with Crippen LogP contribution >= 0.6 is 0 Å². The van der Waals surface area contributed by atoms with Crippen molar-refractivity contribution in [3.63, 3.8) is 0 Å². The Bertz CT molecular complexity index is 1450. The third kappa shape index (κ3) is 4.41. The molecule has 1 aliphatic heterocycles. The van der Waals surface area contributed by atoms with Crippen molar-refractivity contribution < 1.29 is 22.3 Å². The standard InChI is InChI=1S/C25H22F4N4O2/c1-31-15-20(19-12-18(13-30-24(19)31)32-7-9-35-10-8-32)16-5-6-33(22(34)11-16)14-17-3-2-4-21(23(17)26)25(27,28)29/h2-6,11-13,15H,7-10,14H2,1H3. The van der Waals surface area contributed by atoms with Crippen molar-refractivity contribution in [1.29, 1.82) is 0 Å². The highest BCUT2D eigenvalue weighted by atomic mass is 19.4. The number of ether oxygens (including phenoxy) is 1. The van der Waals surface area contributed by atoms with Gasteiger partial charge in [0.05, 0.1) is 37.2 Å². The number of nitrogens with zero attached hydrogens (tertiary/aromatic N) is 4. The average Bonchev–Trinajstić information content (AvgIpc) is 3.17. The maximum Gasteiger partial charge on any atom is 0.419 e. The van der Waals surface area contributed by atoms with E-state index in [2.05, 4.69) is 9.88 Å². The minimum atomic E-state index is -4.81. The average molecular weight is 486 g/mol. The second-order valence-electron chi connectivity index (χ2n) is 8.48. The molecule has 0 atom stereocenters. The van der Waals surface area contributed by atoms with E-state index in [9.17, 15) is 22.4 Å². The SMILES string of the molecule is Cn1cc(-c2ccn(Cc3cccc(C(F)(F)F)c3F)c(=O)c2)c2cc(N3CCOCC3)cnc21. The van der Waals surface area contributed by atoms with Gasteiger partial charge in [-0.3, -0.25) is 4.79 Å². The summed E-state index contributed by atoms with van der Waals surface area (Å²) in [4.78, 5) is 19.6. The Hall–Kier alpha value is -3.66. The zero-order chi connectivity index (χ0) is 24.7. The largest absolute Gasteiger partial charge is 0.419 e. The summed E-state index contributed by atoms with van der Waals surface area (Å²) >= 11 is 0. The van der Waals surface area contributed by atoms with Gasteiger partial charge < -0.3 is 18.8 Å². The number of morpholine rings is 1. The lowest BCUT2D eigenvalue weighted by atomic mass is 10.1. The van der Waals surface area contributed by atoms with Gasteiger partial charge in [0, 0.05) is 55.1 Å². The molecule has 1 aromatic carbocycles. The zero-order valence-corrected chi connectivity index (χ0v) is 18.8. The van der Waals surface area contributed by atoms with Crippen LogP contribution in [0.4, 0.5) is 23.2 Å². The molecular formula is C25H22F4N4O2. The summed E-state index contributed by atoms with van der Waals surface area (Å²) in [5, 5.41) is 0.873. The van der Waals surface area contributed by atoms with E-state index in [0.29, 0.717) is 24.8 Å². The van der Waals surface area contributed by atoms with Gasteiger partial charge in [-0.25, -0.2) is 9.37 Å². The van der Waals surface area contributed by atoms with E-state index in [4.69, 9.17) is 4.74 Å². The predicted molar refractivity (Wildman–Crippen MR) is 124 cm³/mol. The second-order valence-corrected chi connectivity index (χ2v) is 8.48. The number of aryl methyl sites for hydroxylation is 1. The van der Waals surface area contributed by atoms with Crippen LogP contribution in [0, 0.1) is 5.82 Å². The number of rotatable bonds is 4. The fourth-order valence-electron chi connectivity index (χ4n) is 4.38. The first-order valence-corrected chi connectivity index (χ1v) is 11.1. The molecule has 0 spiro atoms. The summed E-state index contributed by atoms with van der Waals surface area (Å²) in [6.45, 7) is 2.50. The Labute approximate surface area is 198 Å². The molecule has 10 heteroatoms. The molecule has 3 aromatic heterocycles. The van der Waals surface area contributed by atoms with E-state index in [0.717, 1.165) is 41.4 Å². The highest BCUT2D eigenvalue weighted by Crippen LogP contribution is 2.33. The maximum absolute atomic E-state index is 14.4. The van der Waals surface area contributed by atoms with Crippen molar-refractivity contribution in [2.45, 2.75) is 12.7 Å². The van der Waals surface area contributed by atoms with Crippen LogP contribution in [0.1, 0.15) is 11.1 Å². The topological polar surface area (TPSA) is 52.3 Å². The molecule has 0 saturated carbocycles. The van der Waals surface area contributed by atoms with Crippen LogP contribution in [0.5, 0.6) is 0 Å². The molecule has 5 rings (SSSR count). The third-order valence-electron chi connectivity index (χ3n) is 6.21. The number of alkyl halides is 3. The summed E-state index contributed by atoms with van der Waals surface area (Å²) in [6.07, 6.45) is 0.359. The molecule has 4 heterocycles. The third-order valence-corrected chi connectivity index (χ3v) is 6.21. The molecule has 0 radical (unpaired) electrons. The normalized spacial score (nSPS) is 14.6. The minimum absolute atomic E-state index is 0.209. The van der Waals surface area contributed by atoms with Gasteiger partial charge in [0.1, 0.15) is 11.5 Å². The van der Waals surface area contributed by atoms with Gasteiger partial charge in [-0.1, -0.05) is 12.1 Å². The Morgan fingerprint density at radius 2 is 1.89 bits per heavy atom. The van der Waals surface area contributed by atoms with Crippen LogP contribution in [0.3, 0.4) is 0 Å². The molecule has 6 nitrogen and oxygen atoms in total. The van der Waals surface area contributed by atoms with Crippen molar-refractivity contribution in [3.05, 3.63) is 82.3 Å². The monoisotopic (exact) mass is 486 g/mol. The molecule has 1 saturated heterocycles. The zero-order valence-electron chi connectivity index (χ0n) is 18.8. The van der Waals surface area contributed by atoms with Crippen molar-refractivity contribution in [2.75, 3.05) is 31.2 Å². The molecule has 182 valence electrons. The van der Waals surface area contributed by atoms with E-state index < -0.39 is 23.1 Å². The van der Waals surface area contributed by atoms with Gasteiger partial charge in [-0.15, -0.1) is 0 Å². The van der Waals surface area contributed by atoms with Crippen molar-refractivity contribution in [3.8, 4) is 11.1 Å². The Kier molecular flexibility index (Phi) is 5.84. The Morgan fingerprint density at radius 1 is 1.11 bits per heavy atom. The summed E-state index contributed by atoms with van der Waals surface area (Å²) < 4.78 is 62.0. The number of benzene rings is 1. The molecule has 1 aliphatic rings. The number of halogens is 4. The fourth-order valence-corrected chi connectivity index (χ4v) is 4.38. The number of pyridine rings is 2. The molecular weight excluding hydrogens is 464 g/mol. The number of fused-ring (bicyclic) bond motifs is 1. The number of aromatic nitrogens is 3. The van der Waals surface area contributed by atoms with Crippen molar-refractivity contribution in [1.82, 2.24) is 14.1 Å². The van der Waals surface area contributed by atoms with Crippen LogP contribution in [0.15, 0.2) is 59.8 Å². The highest BCUT2D eigenvalue weighted by Gasteiger charge is 2.34. The van der Waals surface area contributed by atoms with Gasteiger partial charge >= 0.3 is 6.18 Å². The van der Waals surface area contributed by atoms with Gasteiger partial charge in [0.2, 0.25) is 0 Å². The van der Waals surface area contributed by atoms with E-state index in [1.54, 1.807) is 6.07 Å². The first-order valence-electron chi connectivity index (χ1n) is 11.1. The quantitative estimate of drug-likeness (QED) is 0.400. The predicted octanol–water partition coefficient (Wildman–Crippen LogP) is 4.44. The van der Waals surface area contributed by atoms with Crippen molar-refractivity contribution in [2.24, 2.45) is 7.05 Å². The highest BCUT2D eigenvalue weighted by molar-refractivity contribution is 5.95. The number of hydrogen-bond donors (Lipinski definition) is 0.